The van der Waals surface area contributed by atoms with Crippen molar-refractivity contribution in [3.63, 3.8) is 0 Å². The van der Waals surface area contributed by atoms with E-state index in [0.717, 1.165) is 5.56 Å². The van der Waals surface area contributed by atoms with Gasteiger partial charge in [0.05, 0.1) is 20.3 Å². The normalized spacial score (nSPS) is 11.9. The molecule has 1 atom stereocenters. The molecule has 8 heteroatoms. The molecule has 0 saturated carbocycles. The SMILES string of the molecule is COc1cc(OCC(Cc2ccccc2)NC(=O)OC(C)(C)C)c(C(=O)O)cc1OC. The Balaban J connectivity index is 2.23. The number of methoxy groups -OCH3 is 2. The zero-order chi connectivity index (χ0) is 23.0. The molecule has 2 aromatic rings. The van der Waals surface area contributed by atoms with E-state index >= 15 is 0 Å². The Hall–Kier alpha value is -3.42. The van der Waals surface area contributed by atoms with Gasteiger partial charge < -0.3 is 29.4 Å². The minimum Gasteiger partial charge on any atom is -0.493 e. The number of ether oxygens (including phenoxy) is 4. The van der Waals surface area contributed by atoms with Crippen molar-refractivity contribution in [2.24, 2.45) is 0 Å². The number of carbonyl (C=O) groups is 2. The highest BCUT2D eigenvalue weighted by molar-refractivity contribution is 5.92. The summed E-state index contributed by atoms with van der Waals surface area (Å²) in [6.45, 7) is 5.35. The maximum atomic E-state index is 12.3. The van der Waals surface area contributed by atoms with Gasteiger partial charge in [-0.1, -0.05) is 30.3 Å². The van der Waals surface area contributed by atoms with Crippen LogP contribution < -0.4 is 19.5 Å². The highest BCUT2D eigenvalue weighted by atomic mass is 16.6. The molecular formula is C23H29NO7. The predicted molar refractivity (Wildman–Crippen MR) is 115 cm³/mol. The van der Waals surface area contributed by atoms with Gasteiger partial charge in [0.1, 0.15) is 23.5 Å². The molecule has 1 amide bonds. The van der Waals surface area contributed by atoms with Gasteiger partial charge in [-0.3, -0.25) is 0 Å². The highest BCUT2D eigenvalue weighted by Gasteiger charge is 2.22. The zero-order valence-corrected chi connectivity index (χ0v) is 18.4. The van der Waals surface area contributed by atoms with E-state index < -0.39 is 23.7 Å². The van der Waals surface area contributed by atoms with Crippen LogP contribution in [0.5, 0.6) is 17.2 Å². The molecule has 0 aliphatic heterocycles. The van der Waals surface area contributed by atoms with Crippen molar-refractivity contribution in [2.45, 2.75) is 38.8 Å². The lowest BCUT2D eigenvalue weighted by molar-refractivity contribution is 0.0485. The number of nitrogens with one attached hydrogen (secondary N) is 1. The van der Waals surface area contributed by atoms with E-state index in [1.807, 2.05) is 30.3 Å². The van der Waals surface area contributed by atoms with Crippen molar-refractivity contribution in [2.75, 3.05) is 20.8 Å². The quantitative estimate of drug-likeness (QED) is 0.620. The number of aromatic carboxylic acids is 1. The smallest absolute Gasteiger partial charge is 0.408 e. The molecule has 2 N–H and O–H groups in total. The molecule has 8 nitrogen and oxygen atoms in total. The number of amides is 1. The number of carboxylic acids is 1. The molecule has 31 heavy (non-hydrogen) atoms. The van der Waals surface area contributed by atoms with Crippen molar-refractivity contribution in [1.82, 2.24) is 5.32 Å². The summed E-state index contributed by atoms with van der Waals surface area (Å²) in [6, 6.07) is 11.9. The summed E-state index contributed by atoms with van der Waals surface area (Å²) >= 11 is 0. The Morgan fingerprint density at radius 1 is 1.00 bits per heavy atom. The second kappa shape index (κ2) is 10.6. The maximum Gasteiger partial charge on any atom is 0.408 e. The van der Waals surface area contributed by atoms with Gasteiger partial charge >= 0.3 is 12.1 Å². The first kappa shape index (κ1) is 23.9. The molecule has 2 rings (SSSR count). The molecule has 0 aliphatic rings. The van der Waals surface area contributed by atoms with Gasteiger partial charge in [0.15, 0.2) is 11.5 Å². The fourth-order valence-corrected chi connectivity index (χ4v) is 2.86. The summed E-state index contributed by atoms with van der Waals surface area (Å²) in [5, 5.41) is 12.4. The Morgan fingerprint density at radius 2 is 1.61 bits per heavy atom. The monoisotopic (exact) mass is 431 g/mol. The van der Waals surface area contributed by atoms with E-state index in [2.05, 4.69) is 5.32 Å². The fourth-order valence-electron chi connectivity index (χ4n) is 2.86. The van der Waals surface area contributed by atoms with E-state index in [9.17, 15) is 14.7 Å². The molecule has 0 heterocycles. The van der Waals surface area contributed by atoms with Crippen LogP contribution in [0.2, 0.25) is 0 Å². The van der Waals surface area contributed by atoms with Gasteiger partial charge in [-0.05, 0) is 32.8 Å². The molecule has 0 radical (unpaired) electrons. The van der Waals surface area contributed by atoms with Crippen molar-refractivity contribution in [3.05, 3.63) is 53.6 Å². The van der Waals surface area contributed by atoms with Crippen LogP contribution >= 0.6 is 0 Å². The number of rotatable bonds is 9. The number of alkyl carbamates (subject to hydrolysis) is 1. The zero-order valence-electron chi connectivity index (χ0n) is 18.4. The molecule has 1 unspecified atom stereocenters. The molecular weight excluding hydrogens is 402 g/mol. The van der Waals surface area contributed by atoms with E-state index in [4.69, 9.17) is 18.9 Å². The summed E-state index contributed by atoms with van der Waals surface area (Å²) in [7, 11) is 2.87. The van der Waals surface area contributed by atoms with Crippen molar-refractivity contribution in [1.29, 1.82) is 0 Å². The Kier molecular flexibility index (Phi) is 8.13. The number of hydrogen-bond donors (Lipinski definition) is 2. The van der Waals surface area contributed by atoms with Crippen LogP contribution in [0.4, 0.5) is 4.79 Å². The molecule has 0 saturated heterocycles. The molecule has 0 aromatic heterocycles. The molecule has 168 valence electrons. The highest BCUT2D eigenvalue weighted by Crippen LogP contribution is 2.34. The Morgan fingerprint density at radius 3 is 2.16 bits per heavy atom. The number of carbonyl (C=O) groups excluding carboxylic acids is 1. The first-order chi connectivity index (χ1) is 14.6. The van der Waals surface area contributed by atoms with Gasteiger partial charge in [0.25, 0.3) is 0 Å². The van der Waals surface area contributed by atoms with Gasteiger partial charge in [-0.25, -0.2) is 9.59 Å². The summed E-state index contributed by atoms with van der Waals surface area (Å²) in [5.74, 6) is -0.452. The number of benzene rings is 2. The summed E-state index contributed by atoms with van der Waals surface area (Å²) in [6.07, 6.45) is -0.113. The molecule has 0 bridgehead atoms. The van der Waals surface area contributed by atoms with Crippen LogP contribution in [-0.2, 0) is 11.2 Å². The lowest BCUT2D eigenvalue weighted by Crippen LogP contribution is -2.43. The summed E-state index contributed by atoms with van der Waals surface area (Å²) < 4.78 is 21.6. The van der Waals surface area contributed by atoms with Gasteiger partial charge in [0, 0.05) is 12.1 Å². The number of carboxylic acid groups (broad SMARTS) is 1. The third-order valence-corrected chi connectivity index (χ3v) is 4.20. The second-order valence-corrected chi connectivity index (χ2v) is 7.85. The molecule has 0 aliphatic carbocycles. The lowest BCUT2D eigenvalue weighted by atomic mass is 10.1. The first-order valence-corrected chi connectivity index (χ1v) is 9.78. The summed E-state index contributed by atoms with van der Waals surface area (Å²) in [5.41, 5.74) is 0.258. The minimum absolute atomic E-state index is 0.0178. The predicted octanol–water partition coefficient (Wildman–Crippen LogP) is 3.92. The van der Waals surface area contributed by atoms with Crippen LogP contribution in [0, 0.1) is 0 Å². The van der Waals surface area contributed by atoms with Crippen LogP contribution in [0.3, 0.4) is 0 Å². The molecule has 0 fully saturated rings. The largest absolute Gasteiger partial charge is 0.493 e. The Bertz CT molecular complexity index is 891. The van der Waals surface area contributed by atoms with Crippen molar-refractivity contribution in [3.8, 4) is 17.2 Å². The van der Waals surface area contributed by atoms with E-state index in [0.29, 0.717) is 12.2 Å². The van der Waals surface area contributed by atoms with Crippen LogP contribution in [-0.4, -0.2) is 49.6 Å². The molecule has 0 spiro atoms. The van der Waals surface area contributed by atoms with Crippen molar-refractivity contribution >= 4 is 12.1 Å². The average Bonchev–Trinajstić information content (AvgIpc) is 2.70. The molecule has 2 aromatic carbocycles. The Labute approximate surface area is 182 Å². The van der Waals surface area contributed by atoms with Crippen LogP contribution in [0.1, 0.15) is 36.7 Å². The van der Waals surface area contributed by atoms with Gasteiger partial charge in [-0.15, -0.1) is 0 Å². The fraction of sp³-hybridized carbons (Fsp3) is 0.391. The maximum absolute atomic E-state index is 12.3. The lowest BCUT2D eigenvalue weighted by Gasteiger charge is -2.24. The van der Waals surface area contributed by atoms with E-state index in [1.54, 1.807) is 20.8 Å². The summed E-state index contributed by atoms with van der Waals surface area (Å²) in [4.78, 5) is 24.0. The number of hydrogen-bond acceptors (Lipinski definition) is 6. The average molecular weight is 431 g/mol. The van der Waals surface area contributed by atoms with Crippen LogP contribution in [0.15, 0.2) is 42.5 Å². The van der Waals surface area contributed by atoms with E-state index in [1.165, 1.54) is 26.4 Å². The van der Waals surface area contributed by atoms with E-state index in [-0.39, 0.29) is 23.7 Å². The van der Waals surface area contributed by atoms with Gasteiger partial charge in [0.2, 0.25) is 0 Å². The second-order valence-electron chi connectivity index (χ2n) is 7.85. The topological polar surface area (TPSA) is 103 Å². The first-order valence-electron chi connectivity index (χ1n) is 9.78. The minimum atomic E-state index is -1.17. The van der Waals surface area contributed by atoms with Crippen LogP contribution in [0.25, 0.3) is 0 Å². The standard InChI is InChI=1S/C23H29NO7/c1-23(2,3)31-22(27)24-16(11-15-9-7-6-8-10-15)14-30-18-13-20(29-5)19(28-4)12-17(18)21(25)26/h6-10,12-13,16H,11,14H2,1-5H3,(H,24,27)(H,25,26). The third-order valence-electron chi connectivity index (χ3n) is 4.20. The van der Waals surface area contributed by atoms with Gasteiger partial charge in [-0.2, -0.15) is 0 Å². The third kappa shape index (κ3) is 7.40. The van der Waals surface area contributed by atoms with Crippen molar-refractivity contribution < 1.29 is 33.6 Å².